The number of benzene rings is 2. The molecule has 168 valence electrons. The van der Waals surface area contributed by atoms with Gasteiger partial charge in [-0.2, -0.15) is 25.8 Å². The summed E-state index contributed by atoms with van der Waals surface area (Å²) >= 11 is 3.99. The van der Waals surface area contributed by atoms with E-state index in [9.17, 15) is 22.8 Å². The molecule has 0 radical (unpaired) electrons. The number of esters is 1. The summed E-state index contributed by atoms with van der Waals surface area (Å²) in [6, 6.07) is 12.8. The fraction of sp³-hybridized carbons (Fsp3) is 0.211. The van der Waals surface area contributed by atoms with Gasteiger partial charge in [-0.3, -0.25) is 4.79 Å². The minimum absolute atomic E-state index is 0.252. The normalized spacial score (nSPS) is 11.4. The van der Waals surface area contributed by atoms with E-state index in [4.69, 9.17) is 20.4 Å². The second-order valence-electron chi connectivity index (χ2n) is 5.73. The van der Waals surface area contributed by atoms with Crippen molar-refractivity contribution in [3.05, 3.63) is 54.1 Å². The van der Waals surface area contributed by atoms with Crippen molar-refractivity contribution in [1.82, 2.24) is 0 Å². The van der Waals surface area contributed by atoms with Crippen LogP contribution < -0.4 is 15.8 Å². The van der Waals surface area contributed by atoms with Crippen LogP contribution >= 0.6 is 12.6 Å². The van der Waals surface area contributed by atoms with Gasteiger partial charge in [0.25, 0.3) is 0 Å². The van der Waals surface area contributed by atoms with Crippen LogP contribution in [0.1, 0.15) is 10.4 Å². The van der Waals surface area contributed by atoms with Gasteiger partial charge in [0.2, 0.25) is 5.91 Å². The molecule has 0 aliphatic rings. The second-order valence-corrected chi connectivity index (χ2v) is 6.10. The summed E-state index contributed by atoms with van der Waals surface area (Å²) < 4.78 is 42.1. The third-order valence-electron chi connectivity index (χ3n) is 3.37. The van der Waals surface area contributed by atoms with Gasteiger partial charge >= 0.3 is 18.1 Å². The van der Waals surface area contributed by atoms with Crippen LogP contribution in [0.2, 0.25) is 0 Å². The molecule has 2 aromatic carbocycles. The summed E-state index contributed by atoms with van der Waals surface area (Å²) in [4.78, 5) is 32.2. The zero-order valence-electron chi connectivity index (χ0n) is 16.1. The Hall–Kier alpha value is -3.25. The fourth-order valence-corrected chi connectivity index (χ4v) is 2.06. The Morgan fingerprint density at radius 2 is 1.68 bits per heavy atom. The quantitative estimate of drug-likeness (QED) is 0.385. The van der Waals surface area contributed by atoms with E-state index in [0.29, 0.717) is 22.7 Å². The highest BCUT2D eigenvalue weighted by Crippen LogP contribution is 2.25. The number of thiol groups is 1. The van der Waals surface area contributed by atoms with Crippen molar-refractivity contribution in [1.29, 1.82) is 0 Å². The number of methoxy groups -OCH3 is 1. The van der Waals surface area contributed by atoms with Crippen LogP contribution in [0.5, 0.6) is 11.5 Å². The average molecular weight is 460 g/mol. The Kier molecular flexibility index (Phi) is 9.83. The number of carbonyl (C=O) groups excluding carboxylic acids is 2. The predicted octanol–water partition coefficient (Wildman–Crippen LogP) is 3.09. The van der Waals surface area contributed by atoms with Crippen molar-refractivity contribution < 1.29 is 42.1 Å². The lowest BCUT2D eigenvalue weighted by molar-refractivity contribution is -0.192. The SMILES string of the molecule is COC(=O)c1cccc(Oc2cccc(NC(=O)[C@@H](N)CS)c2)c1.O=C(O)C(F)(F)F. The zero-order valence-corrected chi connectivity index (χ0v) is 16.9. The van der Waals surface area contributed by atoms with Gasteiger partial charge in [0.1, 0.15) is 11.5 Å². The predicted molar refractivity (Wildman–Crippen MR) is 108 cm³/mol. The molecule has 0 spiro atoms. The molecule has 1 amide bonds. The minimum Gasteiger partial charge on any atom is -0.475 e. The number of carboxylic acid groups (broad SMARTS) is 1. The van der Waals surface area contributed by atoms with Crippen molar-refractivity contribution in [3.8, 4) is 11.5 Å². The van der Waals surface area contributed by atoms with E-state index in [2.05, 4.69) is 22.7 Å². The fourth-order valence-electron chi connectivity index (χ4n) is 1.90. The van der Waals surface area contributed by atoms with Crippen LogP contribution in [-0.4, -0.2) is 48.0 Å². The summed E-state index contributed by atoms with van der Waals surface area (Å²) in [5.41, 5.74) is 6.56. The van der Waals surface area contributed by atoms with Gasteiger partial charge in [0.05, 0.1) is 18.7 Å². The number of carbonyl (C=O) groups is 3. The van der Waals surface area contributed by atoms with Gasteiger partial charge < -0.3 is 25.6 Å². The number of carboxylic acids is 1. The number of nitrogens with one attached hydrogen (secondary N) is 1. The van der Waals surface area contributed by atoms with E-state index >= 15 is 0 Å². The number of rotatable bonds is 6. The zero-order chi connectivity index (χ0) is 23.6. The number of ether oxygens (including phenoxy) is 2. The van der Waals surface area contributed by atoms with E-state index in [1.54, 1.807) is 48.5 Å². The monoisotopic (exact) mass is 460 g/mol. The Morgan fingerprint density at radius 1 is 1.13 bits per heavy atom. The van der Waals surface area contributed by atoms with Gasteiger partial charge in [-0.1, -0.05) is 12.1 Å². The molecule has 0 heterocycles. The molecule has 0 aliphatic carbocycles. The molecule has 0 saturated heterocycles. The smallest absolute Gasteiger partial charge is 0.475 e. The van der Waals surface area contributed by atoms with E-state index in [1.807, 2.05) is 0 Å². The van der Waals surface area contributed by atoms with Crippen molar-refractivity contribution in [2.75, 3.05) is 18.2 Å². The Bertz CT molecular complexity index is 924. The van der Waals surface area contributed by atoms with Crippen LogP contribution in [0.15, 0.2) is 48.5 Å². The molecule has 0 unspecified atom stereocenters. The van der Waals surface area contributed by atoms with Crippen molar-refractivity contribution in [3.63, 3.8) is 0 Å². The maximum absolute atomic E-state index is 11.8. The van der Waals surface area contributed by atoms with Crippen LogP contribution in [0.4, 0.5) is 18.9 Å². The summed E-state index contributed by atoms with van der Waals surface area (Å²) in [6.07, 6.45) is -5.08. The van der Waals surface area contributed by atoms with Gasteiger partial charge in [-0.15, -0.1) is 0 Å². The highest BCUT2D eigenvalue weighted by Gasteiger charge is 2.38. The lowest BCUT2D eigenvalue weighted by Gasteiger charge is -2.11. The maximum Gasteiger partial charge on any atom is 0.490 e. The highest BCUT2D eigenvalue weighted by atomic mass is 32.1. The topological polar surface area (TPSA) is 128 Å². The number of hydrogen-bond acceptors (Lipinski definition) is 7. The van der Waals surface area contributed by atoms with E-state index in [-0.39, 0.29) is 11.7 Å². The van der Waals surface area contributed by atoms with Crippen LogP contribution in [0, 0.1) is 0 Å². The van der Waals surface area contributed by atoms with E-state index < -0.39 is 24.2 Å². The second kappa shape index (κ2) is 11.8. The molecule has 8 nitrogen and oxygen atoms in total. The highest BCUT2D eigenvalue weighted by molar-refractivity contribution is 7.80. The summed E-state index contributed by atoms with van der Waals surface area (Å²) in [6.45, 7) is 0. The Balaban J connectivity index is 0.000000592. The molecule has 0 saturated carbocycles. The lowest BCUT2D eigenvalue weighted by Crippen LogP contribution is -2.37. The first-order valence-electron chi connectivity index (χ1n) is 8.41. The first kappa shape index (κ1) is 25.8. The molecule has 2 aromatic rings. The molecule has 0 fully saturated rings. The van der Waals surface area contributed by atoms with Gasteiger partial charge in [0.15, 0.2) is 0 Å². The van der Waals surface area contributed by atoms with Crippen LogP contribution in [-0.2, 0) is 14.3 Å². The molecule has 0 bridgehead atoms. The first-order valence-corrected chi connectivity index (χ1v) is 9.05. The van der Waals surface area contributed by atoms with Gasteiger partial charge in [-0.25, -0.2) is 9.59 Å². The molecule has 12 heteroatoms. The maximum atomic E-state index is 11.8. The lowest BCUT2D eigenvalue weighted by atomic mass is 10.2. The van der Waals surface area contributed by atoms with E-state index in [1.165, 1.54) is 7.11 Å². The first-order chi connectivity index (χ1) is 14.5. The number of amides is 1. The number of halogens is 3. The molecular formula is C19H19F3N2O6S. The number of nitrogens with two attached hydrogens (primary N) is 1. The molecule has 0 aromatic heterocycles. The third kappa shape index (κ3) is 8.97. The minimum atomic E-state index is -5.08. The number of alkyl halides is 3. The number of hydrogen-bond donors (Lipinski definition) is 4. The summed E-state index contributed by atoms with van der Waals surface area (Å²) in [5.74, 6) is -2.28. The largest absolute Gasteiger partial charge is 0.490 e. The summed E-state index contributed by atoms with van der Waals surface area (Å²) in [7, 11) is 1.32. The molecule has 2 rings (SSSR count). The van der Waals surface area contributed by atoms with Crippen molar-refractivity contribution in [2.45, 2.75) is 12.2 Å². The van der Waals surface area contributed by atoms with Crippen molar-refractivity contribution in [2.24, 2.45) is 5.73 Å². The third-order valence-corrected chi connectivity index (χ3v) is 3.76. The van der Waals surface area contributed by atoms with Crippen LogP contribution in [0.25, 0.3) is 0 Å². The molecule has 1 atom stereocenters. The van der Waals surface area contributed by atoms with E-state index in [0.717, 1.165) is 0 Å². The Labute approximate surface area is 180 Å². The summed E-state index contributed by atoms with van der Waals surface area (Å²) in [5, 5.41) is 9.82. The Morgan fingerprint density at radius 3 is 2.19 bits per heavy atom. The number of aliphatic carboxylic acids is 1. The average Bonchev–Trinajstić information content (AvgIpc) is 2.72. The molecule has 31 heavy (non-hydrogen) atoms. The van der Waals surface area contributed by atoms with Crippen molar-refractivity contribution >= 4 is 36.2 Å². The van der Waals surface area contributed by atoms with Crippen LogP contribution in [0.3, 0.4) is 0 Å². The molecular weight excluding hydrogens is 441 g/mol. The molecule has 4 N–H and O–H groups in total. The van der Waals surface area contributed by atoms with Gasteiger partial charge in [0, 0.05) is 17.5 Å². The van der Waals surface area contributed by atoms with Gasteiger partial charge in [-0.05, 0) is 30.3 Å². The number of anilines is 1. The standard InChI is InChI=1S/C17H18N2O4S.C2HF3O2/c1-22-17(21)11-4-2-6-13(8-11)23-14-7-3-5-12(9-14)19-16(20)15(18)10-24;3-2(4,5)1(6)7/h2-9,15,24H,10,18H2,1H3,(H,19,20);(H,6,7)/t15-;/m0./s1. The molecule has 0 aliphatic heterocycles.